The van der Waals surface area contributed by atoms with Gasteiger partial charge in [0.25, 0.3) is 5.91 Å². The number of carbonyl (C=O) groups is 1. The summed E-state index contributed by atoms with van der Waals surface area (Å²) < 4.78 is 1.08. The van der Waals surface area contributed by atoms with E-state index in [0.29, 0.717) is 24.3 Å². The van der Waals surface area contributed by atoms with E-state index in [4.69, 9.17) is 0 Å². The summed E-state index contributed by atoms with van der Waals surface area (Å²) in [6.45, 7) is 5.06. The first kappa shape index (κ1) is 14.1. The van der Waals surface area contributed by atoms with Gasteiger partial charge < -0.3 is 4.90 Å². The van der Waals surface area contributed by atoms with Crippen molar-refractivity contribution in [1.82, 2.24) is 15.1 Å². The third-order valence-electron chi connectivity index (χ3n) is 2.78. The lowest BCUT2D eigenvalue weighted by atomic mass is 10.2. The first-order valence-electron chi connectivity index (χ1n) is 5.93. The molecule has 0 aliphatic rings. The van der Waals surface area contributed by atoms with E-state index in [0.717, 1.165) is 8.66 Å². The van der Waals surface area contributed by atoms with Crippen LogP contribution in [0.15, 0.2) is 28.2 Å². The second-order valence-electron chi connectivity index (χ2n) is 4.06. The van der Waals surface area contributed by atoms with Gasteiger partial charge in [-0.25, -0.2) is 0 Å². The van der Waals surface area contributed by atoms with Gasteiger partial charge in [-0.05, 0) is 48.0 Å². The van der Waals surface area contributed by atoms with Crippen LogP contribution in [0.5, 0.6) is 0 Å². The van der Waals surface area contributed by atoms with Gasteiger partial charge in [0.2, 0.25) is 0 Å². The van der Waals surface area contributed by atoms with Crippen molar-refractivity contribution in [3.8, 4) is 0 Å². The predicted octanol–water partition coefficient (Wildman–Crippen LogP) is 3.27. The van der Waals surface area contributed by atoms with Crippen LogP contribution in [0.25, 0.3) is 0 Å². The van der Waals surface area contributed by atoms with Crippen LogP contribution < -0.4 is 0 Å². The molecular formula is C13H14BrN3OS. The van der Waals surface area contributed by atoms with Crippen LogP contribution in [0.2, 0.25) is 0 Å². The lowest BCUT2D eigenvalue weighted by Crippen LogP contribution is -2.30. The first-order chi connectivity index (χ1) is 9.11. The van der Waals surface area contributed by atoms with Gasteiger partial charge >= 0.3 is 0 Å². The zero-order valence-corrected chi connectivity index (χ0v) is 13.2. The molecule has 1 amide bonds. The number of nitrogens with zero attached hydrogens (tertiary/aromatic N) is 3. The van der Waals surface area contributed by atoms with E-state index in [1.54, 1.807) is 30.5 Å². The molecule has 0 unspecified atom stereocenters. The lowest BCUT2D eigenvalue weighted by Gasteiger charge is -2.20. The van der Waals surface area contributed by atoms with Crippen LogP contribution in [0.3, 0.4) is 0 Å². The minimum absolute atomic E-state index is 0.000535. The maximum absolute atomic E-state index is 12.5. The minimum atomic E-state index is -0.000535. The summed E-state index contributed by atoms with van der Waals surface area (Å²) in [4.78, 5) is 15.4. The molecule has 4 nitrogen and oxygen atoms in total. The van der Waals surface area contributed by atoms with Crippen LogP contribution >= 0.6 is 27.3 Å². The van der Waals surface area contributed by atoms with E-state index >= 15 is 0 Å². The van der Waals surface area contributed by atoms with Crippen LogP contribution in [0.1, 0.15) is 27.9 Å². The Balaban J connectivity index is 2.18. The predicted molar refractivity (Wildman–Crippen MR) is 79.2 cm³/mol. The van der Waals surface area contributed by atoms with E-state index < -0.39 is 0 Å². The summed E-state index contributed by atoms with van der Waals surface area (Å²) in [5.41, 5.74) is 1.28. The van der Waals surface area contributed by atoms with Gasteiger partial charge in [0.1, 0.15) is 0 Å². The monoisotopic (exact) mass is 339 g/mol. The molecule has 0 fully saturated rings. The van der Waals surface area contributed by atoms with Crippen molar-refractivity contribution in [2.75, 3.05) is 6.54 Å². The number of amides is 1. The molecule has 2 heterocycles. The molecule has 2 aromatic rings. The SMILES string of the molecule is CCN(Cc1ccc(Br)s1)C(=O)c1ccnnc1C. The largest absolute Gasteiger partial charge is 0.334 e. The van der Waals surface area contributed by atoms with Crippen LogP contribution in [0, 0.1) is 6.92 Å². The van der Waals surface area contributed by atoms with Crippen LogP contribution in [0.4, 0.5) is 0 Å². The molecule has 0 radical (unpaired) electrons. The quantitative estimate of drug-likeness (QED) is 0.858. The summed E-state index contributed by atoms with van der Waals surface area (Å²) in [5.74, 6) is -0.000535. The number of halogens is 1. The fraction of sp³-hybridized carbons (Fsp3) is 0.308. The number of hydrogen-bond donors (Lipinski definition) is 0. The van der Waals surface area contributed by atoms with Crippen molar-refractivity contribution in [3.63, 3.8) is 0 Å². The molecule has 0 aromatic carbocycles. The molecule has 0 saturated carbocycles. The number of rotatable bonds is 4. The second-order valence-corrected chi connectivity index (χ2v) is 6.60. The number of aryl methyl sites for hydroxylation is 1. The van der Waals surface area contributed by atoms with Crippen molar-refractivity contribution in [1.29, 1.82) is 0 Å². The fourth-order valence-corrected chi connectivity index (χ4v) is 3.25. The Morgan fingerprint density at radius 3 is 2.79 bits per heavy atom. The molecular weight excluding hydrogens is 326 g/mol. The summed E-state index contributed by atoms with van der Waals surface area (Å²) in [6.07, 6.45) is 1.55. The van der Waals surface area contributed by atoms with E-state index in [1.165, 1.54) is 0 Å². The van der Waals surface area contributed by atoms with Gasteiger partial charge in [-0.15, -0.1) is 11.3 Å². The van der Waals surface area contributed by atoms with Crippen molar-refractivity contribution >= 4 is 33.2 Å². The van der Waals surface area contributed by atoms with Gasteiger partial charge in [0, 0.05) is 11.4 Å². The first-order valence-corrected chi connectivity index (χ1v) is 7.54. The topological polar surface area (TPSA) is 46.1 Å². The van der Waals surface area contributed by atoms with Crippen molar-refractivity contribution in [2.45, 2.75) is 20.4 Å². The highest BCUT2D eigenvalue weighted by Crippen LogP contribution is 2.23. The normalized spacial score (nSPS) is 10.5. The van der Waals surface area contributed by atoms with E-state index in [-0.39, 0.29) is 5.91 Å². The highest BCUT2D eigenvalue weighted by Gasteiger charge is 2.17. The van der Waals surface area contributed by atoms with Crippen LogP contribution in [-0.4, -0.2) is 27.5 Å². The Kier molecular flexibility index (Phi) is 4.66. The molecule has 2 rings (SSSR count). The summed E-state index contributed by atoms with van der Waals surface area (Å²) in [7, 11) is 0. The molecule has 0 atom stereocenters. The third-order valence-corrected chi connectivity index (χ3v) is 4.39. The minimum Gasteiger partial charge on any atom is -0.334 e. The summed E-state index contributed by atoms with van der Waals surface area (Å²) >= 11 is 5.08. The van der Waals surface area contributed by atoms with Crippen molar-refractivity contribution < 1.29 is 4.79 Å². The number of carbonyl (C=O) groups excluding carboxylic acids is 1. The zero-order valence-electron chi connectivity index (χ0n) is 10.8. The van der Waals surface area contributed by atoms with Crippen molar-refractivity contribution in [3.05, 3.63) is 44.3 Å². The van der Waals surface area contributed by atoms with E-state index in [9.17, 15) is 4.79 Å². The summed E-state index contributed by atoms with van der Waals surface area (Å²) in [5, 5.41) is 7.70. The van der Waals surface area contributed by atoms with Gasteiger partial charge in [0.15, 0.2) is 0 Å². The van der Waals surface area contributed by atoms with Crippen molar-refractivity contribution in [2.24, 2.45) is 0 Å². The Morgan fingerprint density at radius 2 is 2.21 bits per heavy atom. The Morgan fingerprint density at radius 1 is 1.42 bits per heavy atom. The van der Waals surface area contributed by atoms with Gasteiger partial charge in [0.05, 0.1) is 27.8 Å². The highest BCUT2D eigenvalue weighted by molar-refractivity contribution is 9.11. The molecule has 2 aromatic heterocycles. The lowest BCUT2D eigenvalue weighted by molar-refractivity contribution is 0.0752. The molecule has 100 valence electrons. The maximum atomic E-state index is 12.5. The maximum Gasteiger partial charge on any atom is 0.256 e. The third kappa shape index (κ3) is 3.39. The molecule has 0 aliphatic heterocycles. The molecule has 19 heavy (non-hydrogen) atoms. The van der Waals surface area contributed by atoms with E-state index in [2.05, 4.69) is 26.1 Å². The van der Waals surface area contributed by atoms with Crippen LogP contribution in [-0.2, 0) is 6.54 Å². The smallest absolute Gasteiger partial charge is 0.256 e. The molecule has 0 aliphatic carbocycles. The Labute approximate surface area is 124 Å². The molecule has 0 spiro atoms. The molecule has 0 bridgehead atoms. The Bertz CT molecular complexity index is 585. The van der Waals surface area contributed by atoms with Gasteiger partial charge in [-0.1, -0.05) is 0 Å². The van der Waals surface area contributed by atoms with Gasteiger partial charge in [-0.3, -0.25) is 4.79 Å². The Hall–Kier alpha value is -1.27. The summed E-state index contributed by atoms with van der Waals surface area (Å²) in [6, 6.07) is 5.75. The molecule has 0 N–H and O–H groups in total. The van der Waals surface area contributed by atoms with Gasteiger partial charge in [-0.2, -0.15) is 10.2 Å². The second kappa shape index (κ2) is 6.25. The molecule has 6 heteroatoms. The fourth-order valence-electron chi connectivity index (χ4n) is 1.75. The number of thiophene rings is 1. The zero-order chi connectivity index (χ0) is 13.8. The number of aromatic nitrogens is 2. The average molecular weight is 340 g/mol. The highest BCUT2D eigenvalue weighted by atomic mass is 79.9. The van der Waals surface area contributed by atoms with E-state index in [1.807, 2.05) is 24.0 Å². The average Bonchev–Trinajstić information content (AvgIpc) is 2.81. The number of hydrogen-bond acceptors (Lipinski definition) is 4. The molecule has 0 saturated heterocycles. The standard InChI is InChI=1S/C13H14BrN3OS/c1-3-17(8-10-4-5-12(14)19-10)13(18)11-6-7-15-16-9(11)2/h4-7H,3,8H2,1-2H3.